The molecule has 2 amide bonds. The molecule has 1 fully saturated rings. The summed E-state index contributed by atoms with van der Waals surface area (Å²) in [6.45, 7) is 2.81. The van der Waals surface area contributed by atoms with E-state index in [2.05, 4.69) is 12.2 Å². The standard InChI is InChI=1S/C16H20Cl2N2O2/c1-2-12-5-3-4-8-20(12)16(22)10-15(21)19-14-9-11(17)6-7-13(14)18/h6-7,9,12H,2-5,8,10H2,1H3,(H,19,21). The summed E-state index contributed by atoms with van der Waals surface area (Å²) in [5, 5.41) is 3.53. The van der Waals surface area contributed by atoms with Crippen LogP contribution in [-0.4, -0.2) is 29.3 Å². The van der Waals surface area contributed by atoms with Crippen molar-refractivity contribution in [2.45, 2.75) is 45.1 Å². The Balaban J connectivity index is 1.96. The van der Waals surface area contributed by atoms with Crippen LogP contribution in [0.4, 0.5) is 5.69 Å². The van der Waals surface area contributed by atoms with E-state index in [-0.39, 0.29) is 24.3 Å². The summed E-state index contributed by atoms with van der Waals surface area (Å²) in [4.78, 5) is 26.2. The van der Waals surface area contributed by atoms with Crippen molar-refractivity contribution in [3.05, 3.63) is 28.2 Å². The lowest BCUT2D eigenvalue weighted by molar-refractivity contribution is -0.137. The Morgan fingerprint density at radius 3 is 2.82 bits per heavy atom. The highest BCUT2D eigenvalue weighted by Crippen LogP contribution is 2.26. The molecule has 1 aliphatic heterocycles. The van der Waals surface area contributed by atoms with Gasteiger partial charge in [-0.15, -0.1) is 0 Å². The van der Waals surface area contributed by atoms with E-state index in [0.717, 1.165) is 32.2 Å². The highest BCUT2D eigenvalue weighted by atomic mass is 35.5. The summed E-state index contributed by atoms with van der Waals surface area (Å²) >= 11 is 11.9. The summed E-state index contributed by atoms with van der Waals surface area (Å²) in [7, 11) is 0. The van der Waals surface area contributed by atoms with Crippen LogP contribution in [0.2, 0.25) is 10.0 Å². The number of halogens is 2. The van der Waals surface area contributed by atoms with Crippen LogP contribution in [0, 0.1) is 0 Å². The highest BCUT2D eigenvalue weighted by molar-refractivity contribution is 6.35. The Labute approximate surface area is 140 Å². The number of nitrogens with zero attached hydrogens (tertiary/aromatic N) is 1. The molecular weight excluding hydrogens is 323 g/mol. The van der Waals surface area contributed by atoms with E-state index in [0.29, 0.717) is 15.7 Å². The third-order valence-corrected chi connectivity index (χ3v) is 4.50. The molecule has 1 aliphatic rings. The Morgan fingerprint density at radius 1 is 1.32 bits per heavy atom. The van der Waals surface area contributed by atoms with E-state index in [1.54, 1.807) is 18.2 Å². The van der Waals surface area contributed by atoms with Crippen molar-refractivity contribution in [2.75, 3.05) is 11.9 Å². The molecule has 1 unspecified atom stereocenters. The van der Waals surface area contributed by atoms with Crippen molar-refractivity contribution in [1.82, 2.24) is 4.90 Å². The number of nitrogens with one attached hydrogen (secondary N) is 1. The number of rotatable bonds is 4. The van der Waals surface area contributed by atoms with Gasteiger partial charge in [-0.2, -0.15) is 0 Å². The zero-order valence-electron chi connectivity index (χ0n) is 12.6. The largest absolute Gasteiger partial charge is 0.339 e. The maximum absolute atomic E-state index is 12.3. The van der Waals surface area contributed by atoms with Crippen LogP contribution in [0.25, 0.3) is 0 Å². The molecule has 1 aromatic rings. The molecule has 6 heteroatoms. The lowest BCUT2D eigenvalue weighted by atomic mass is 9.99. The molecule has 120 valence electrons. The van der Waals surface area contributed by atoms with Crippen LogP contribution in [0.1, 0.15) is 39.0 Å². The normalized spacial score (nSPS) is 18.1. The number of likely N-dealkylation sites (tertiary alicyclic amines) is 1. The SMILES string of the molecule is CCC1CCCCN1C(=O)CC(=O)Nc1cc(Cl)ccc1Cl. The second-order valence-electron chi connectivity index (χ2n) is 5.49. The second-order valence-corrected chi connectivity index (χ2v) is 6.34. The zero-order valence-corrected chi connectivity index (χ0v) is 14.1. The molecule has 1 aromatic carbocycles. The maximum atomic E-state index is 12.3. The van der Waals surface area contributed by atoms with Gasteiger partial charge < -0.3 is 10.2 Å². The molecule has 0 radical (unpaired) electrons. The van der Waals surface area contributed by atoms with Gasteiger partial charge in [0.1, 0.15) is 6.42 Å². The average molecular weight is 343 g/mol. The number of hydrogen-bond donors (Lipinski definition) is 1. The van der Waals surface area contributed by atoms with Crippen LogP contribution in [0.15, 0.2) is 18.2 Å². The summed E-state index contributed by atoms with van der Waals surface area (Å²) in [6, 6.07) is 5.08. The highest BCUT2D eigenvalue weighted by Gasteiger charge is 2.26. The van der Waals surface area contributed by atoms with Gasteiger partial charge in [0, 0.05) is 17.6 Å². The first-order valence-corrected chi connectivity index (χ1v) is 8.31. The van der Waals surface area contributed by atoms with Gasteiger partial charge >= 0.3 is 0 Å². The lowest BCUT2D eigenvalue weighted by Gasteiger charge is -2.35. The molecule has 1 heterocycles. The fourth-order valence-electron chi connectivity index (χ4n) is 2.78. The first kappa shape index (κ1) is 17.1. The summed E-state index contributed by atoms with van der Waals surface area (Å²) in [5.41, 5.74) is 0.428. The number of amides is 2. The molecule has 0 bridgehead atoms. The van der Waals surface area contributed by atoms with Crippen LogP contribution >= 0.6 is 23.2 Å². The van der Waals surface area contributed by atoms with Crippen LogP contribution in [-0.2, 0) is 9.59 Å². The Morgan fingerprint density at radius 2 is 2.09 bits per heavy atom. The van der Waals surface area contributed by atoms with Gasteiger partial charge in [0.25, 0.3) is 0 Å². The first-order chi connectivity index (χ1) is 10.5. The van der Waals surface area contributed by atoms with E-state index in [4.69, 9.17) is 23.2 Å². The van der Waals surface area contributed by atoms with Crippen molar-refractivity contribution in [3.8, 4) is 0 Å². The van der Waals surface area contributed by atoms with Crippen LogP contribution in [0.3, 0.4) is 0 Å². The van der Waals surface area contributed by atoms with Gasteiger partial charge in [0.15, 0.2) is 0 Å². The molecule has 1 atom stereocenters. The molecule has 0 saturated carbocycles. The minimum Gasteiger partial charge on any atom is -0.339 e. The van der Waals surface area contributed by atoms with Crippen molar-refractivity contribution < 1.29 is 9.59 Å². The van der Waals surface area contributed by atoms with Crippen molar-refractivity contribution in [3.63, 3.8) is 0 Å². The number of piperidine rings is 1. The third-order valence-electron chi connectivity index (χ3n) is 3.93. The van der Waals surface area contributed by atoms with Gasteiger partial charge in [0.05, 0.1) is 10.7 Å². The fraction of sp³-hybridized carbons (Fsp3) is 0.500. The molecule has 0 aliphatic carbocycles. The van der Waals surface area contributed by atoms with Gasteiger partial charge in [-0.3, -0.25) is 9.59 Å². The number of carbonyl (C=O) groups excluding carboxylic acids is 2. The van der Waals surface area contributed by atoms with Crippen molar-refractivity contribution >= 4 is 40.7 Å². The van der Waals surface area contributed by atoms with Crippen LogP contribution < -0.4 is 5.32 Å². The van der Waals surface area contributed by atoms with Crippen molar-refractivity contribution in [1.29, 1.82) is 0 Å². The van der Waals surface area contributed by atoms with Gasteiger partial charge in [-0.1, -0.05) is 30.1 Å². The van der Waals surface area contributed by atoms with E-state index < -0.39 is 0 Å². The zero-order chi connectivity index (χ0) is 16.1. The Bertz CT molecular complexity index is 563. The van der Waals surface area contributed by atoms with Gasteiger partial charge in [-0.25, -0.2) is 0 Å². The minimum absolute atomic E-state index is 0.123. The summed E-state index contributed by atoms with van der Waals surface area (Å²) in [5.74, 6) is -0.489. The van der Waals surface area contributed by atoms with E-state index in [9.17, 15) is 9.59 Å². The van der Waals surface area contributed by atoms with E-state index in [1.807, 2.05) is 4.90 Å². The number of benzene rings is 1. The van der Waals surface area contributed by atoms with Crippen molar-refractivity contribution in [2.24, 2.45) is 0 Å². The molecule has 2 rings (SSSR count). The third kappa shape index (κ3) is 4.37. The van der Waals surface area contributed by atoms with E-state index >= 15 is 0 Å². The van der Waals surface area contributed by atoms with Gasteiger partial charge in [0.2, 0.25) is 11.8 Å². The monoisotopic (exact) mass is 342 g/mol. The predicted octanol–water partition coefficient (Wildman–Crippen LogP) is 4.11. The predicted molar refractivity (Wildman–Crippen MR) is 89.4 cm³/mol. The maximum Gasteiger partial charge on any atom is 0.233 e. The Kier molecular flexibility index (Phi) is 6.09. The number of hydrogen-bond acceptors (Lipinski definition) is 2. The van der Waals surface area contributed by atoms with E-state index in [1.165, 1.54) is 0 Å². The smallest absolute Gasteiger partial charge is 0.233 e. The quantitative estimate of drug-likeness (QED) is 0.837. The second kappa shape index (κ2) is 7.84. The summed E-state index contributed by atoms with van der Waals surface area (Å²) < 4.78 is 0. The number of carbonyl (C=O) groups is 2. The topological polar surface area (TPSA) is 49.4 Å². The molecule has 22 heavy (non-hydrogen) atoms. The fourth-order valence-corrected chi connectivity index (χ4v) is 3.12. The average Bonchev–Trinajstić information content (AvgIpc) is 2.50. The molecule has 0 spiro atoms. The molecule has 0 aromatic heterocycles. The molecule has 4 nitrogen and oxygen atoms in total. The molecule has 1 N–H and O–H groups in total. The number of anilines is 1. The first-order valence-electron chi connectivity index (χ1n) is 7.55. The molecular formula is C16H20Cl2N2O2. The lowest BCUT2D eigenvalue weighted by Crippen LogP contribution is -2.44. The van der Waals surface area contributed by atoms with Crippen LogP contribution in [0.5, 0.6) is 0 Å². The molecule has 1 saturated heterocycles. The Hall–Kier alpha value is -1.26. The van der Waals surface area contributed by atoms with Gasteiger partial charge in [-0.05, 0) is 43.9 Å². The minimum atomic E-state index is -0.366. The summed E-state index contributed by atoms with van der Waals surface area (Å²) in [6.07, 6.45) is 3.92.